The fraction of sp³-hybridized carbons (Fsp3) is 0.250. The molecule has 0 fully saturated rings. The average Bonchev–Trinajstić information content (AvgIpc) is 3.41. The van der Waals surface area contributed by atoms with E-state index in [0.717, 1.165) is 35.0 Å². The first-order valence-corrected chi connectivity index (χ1v) is 12.3. The van der Waals surface area contributed by atoms with Crippen LogP contribution >= 0.6 is 23.4 Å². The Labute approximate surface area is 212 Å². The monoisotopic (exact) mass is 533 g/mol. The molecule has 36 heavy (non-hydrogen) atoms. The van der Waals surface area contributed by atoms with Gasteiger partial charge in [0.05, 0.1) is 34.2 Å². The second-order valence-corrected chi connectivity index (χ2v) is 9.94. The molecular formula is C24H19ClF3N5O2S. The summed E-state index contributed by atoms with van der Waals surface area (Å²) in [7, 11) is 0. The topological polar surface area (TPSA) is 81.8 Å². The van der Waals surface area contributed by atoms with Gasteiger partial charge in [-0.05, 0) is 55.3 Å². The Kier molecular flexibility index (Phi) is 6.08. The number of anilines is 1. The highest BCUT2D eigenvalue weighted by Crippen LogP contribution is 2.36. The number of aromatic nitrogens is 4. The van der Waals surface area contributed by atoms with Gasteiger partial charge in [-0.15, -0.1) is 0 Å². The number of halogens is 4. The van der Waals surface area contributed by atoms with Crippen LogP contribution in [0.5, 0.6) is 0 Å². The van der Waals surface area contributed by atoms with Crippen molar-refractivity contribution in [3.63, 3.8) is 0 Å². The minimum Gasteiger partial charge on any atom is -0.325 e. The largest absolute Gasteiger partial charge is 0.416 e. The third-order valence-corrected chi connectivity index (χ3v) is 7.52. The fourth-order valence-electron chi connectivity index (χ4n) is 4.04. The maximum atomic E-state index is 13.3. The molecule has 2 aromatic heterocycles. The van der Waals surface area contributed by atoms with Gasteiger partial charge in [0.25, 0.3) is 5.56 Å². The average molecular weight is 534 g/mol. The van der Waals surface area contributed by atoms with Gasteiger partial charge in [-0.25, -0.2) is 9.67 Å². The smallest absolute Gasteiger partial charge is 0.325 e. The van der Waals surface area contributed by atoms with Gasteiger partial charge in [0.2, 0.25) is 5.91 Å². The molecule has 1 unspecified atom stereocenters. The van der Waals surface area contributed by atoms with Crippen molar-refractivity contribution in [2.24, 2.45) is 0 Å². The molecule has 4 aromatic rings. The third kappa shape index (κ3) is 4.37. The van der Waals surface area contributed by atoms with Gasteiger partial charge in [0, 0.05) is 12.2 Å². The number of thioether (sulfide) groups is 1. The zero-order valence-electron chi connectivity index (χ0n) is 19.1. The zero-order valence-corrected chi connectivity index (χ0v) is 20.6. The number of benzene rings is 2. The number of aryl methyl sites for hydroxylation is 2. The van der Waals surface area contributed by atoms with Crippen molar-refractivity contribution >= 4 is 46.0 Å². The van der Waals surface area contributed by atoms with Crippen LogP contribution < -0.4 is 10.9 Å². The summed E-state index contributed by atoms with van der Waals surface area (Å²) in [5, 5.41) is 7.55. The van der Waals surface area contributed by atoms with Gasteiger partial charge < -0.3 is 5.32 Å². The molecule has 3 heterocycles. The third-order valence-electron chi connectivity index (χ3n) is 6.09. The second-order valence-electron chi connectivity index (χ2n) is 8.54. The van der Waals surface area contributed by atoms with Gasteiger partial charge in [0.1, 0.15) is 5.39 Å². The predicted molar refractivity (Wildman–Crippen MR) is 132 cm³/mol. The Morgan fingerprint density at radius 2 is 1.97 bits per heavy atom. The van der Waals surface area contributed by atoms with Crippen molar-refractivity contribution < 1.29 is 18.0 Å². The number of nitrogens with one attached hydrogen (secondary N) is 1. The van der Waals surface area contributed by atoms with Gasteiger partial charge in [-0.3, -0.25) is 14.2 Å². The first kappa shape index (κ1) is 24.4. The number of hydrogen-bond acceptors (Lipinski definition) is 5. The maximum absolute atomic E-state index is 13.3. The van der Waals surface area contributed by atoms with E-state index in [-0.39, 0.29) is 22.7 Å². The van der Waals surface area contributed by atoms with Crippen LogP contribution in [0.4, 0.5) is 18.9 Å². The molecule has 0 bridgehead atoms. The number of rotatable bonds is 4. The highest BCUT2D eigenvalue weighted by molar-refractivity contribution is 7.99. The van der Waals surface area contributed by atoms with E-state index in [4.69, 9.17) is 11.6 Å². The summed E-state index contributed by atoms with van der Waals surface area (Å²) in [4.78, 5) is 30.7. The van der Waals surface area contributed by atoms with E-state index in [2.05, 4.69) is 15.4 Å². The molecule has 1 atom stereocenters. The van der Waals surface area contributed by atoms with Crippen LogP contribution in [0.15, 0.2) is 52.5 Å². The molecule has 186 valence electrons. The Bertz CT molecular complexity index is 1580. The Balaban J connectivity index is 1.42. The number of nitrogens with zero attached hydrogens (tertiary/aromatic N) is 4. The van der Waals surface area contributed by atoms with Crippen molar-refractivity contribution in [1.29, 1.82) is 0 Å². The lowest BCUT2D eigenvalue weighted by atomic mass is 10.1. The van der Waals surface area contributed by atoms with E-state index in [1.54, 1.807) is 4.68 Å². The second kappa shape index (κ2) is 8.97. The normalized spacial score (nSPS) is 15.3. The SMILES string of the molecule is Cc1ccc(-n2ncc3c(=O)n4c(nc32)SCC4CC(=O)Nc2cc(C(F)(F)F)ccc2Cl)cc1C. The van der Waals surface area contributed by atoms with E-state index in [1.165, 1.54) is 22.5 Å². The minimum atomic E-state index is -4.57. The van der Waals surface area contributed by atoms with Crippen LogP contribution in [0.3, 0.4) is 0 Å². The Morgan fingerprint density at radius 3 is 2.69 bits per heavy atom. The quantitative estimate of drug-likeness (QED) is 0.348. The Hall–Kier alpha value is -3.31. The van der Waals surface area contributed by atoms with Crippen LogP contribution in [0.1, 0.15) is 29.2 Å². The summed E-state index contributed by atoms with van der Waals surface area (Å²) in [5.74, 6) is -0.150. The number of alkyl halides is 3. The van der Waals surface area contributed by atoms with Gasteiger partial charge >= 0.3 is 6.18 Å². The van der Waals surface area contributed by atoms with Crippen LogP contribution in [0.25, 0.3) is 16.7 Å². The van der Waals surface area contributed by atoms with Crippen molar-refractivity contribution in [1.82, 2.24) is 19.3 Å². The van der Waals surface area contributed by atoms with Crippen molar-refractivity contribution in [2.75, 3.05) is 11.1 Å². The summed E-state index contributed by atoms with van der Waals surface area (Å²) in [6.45, 7) is 3.99. The number of carbonyl (C=O) groups excluding carboxylic acids is 1. The summed E-state index contributed by atoms with van der Waals surface area (Å²) >= 11 is 7.32. The van der Waals surface area contributed by atoms with Crippen LogP contribution in [-0.4, -0.2) is 31.0 Å². The fourth-order valence-corrected chi connectivity index (χ4v) is 5.34. The summed E-state index contributed by atoms with van der Waals surface area (Å²) in [5.41, 5.74) is 2.02. The number of fused-ring (bicyclic) bond motifs is 2. The first-order valence-electron chi connectivity index (χ1n) is 10.9. The van der Waals surface area contributed by atoms with Crippen LogP contribution in [-0.2, 0) is 11.0 Å². The standard InChI is InChI=1S/C24H19ClF3N5O2S/c1-12-3-5-15(7-13(12)2)33-21-17(10-29-33)22(35)32-16(11-36-23(32)31-21)9-20(34)30-19-8-14(24(26,27)28)4-6-18(19)25/h3-8,10,16H,9,11H2,1-2H3,(H,30,34). The maximum Gasteiger partial charge on any atom is 0.416 e. The summed E-state index contributed by atoms with van der Waals surface area (Å²) in [6.07, 6.45) is -3.25. The summed E-state index contributed by atoms with van der Waals surface area (Å²) in [6, 6.07) is 8.03. The van der Waals surface area contributed by atoms with Crippen LogP contribution in [0, 0.1) is 13.8 Å². The lowest BCUT2D eigenvalue weighted by Gasteiger charge is -2.15. The van der Waals surface area contributed by atoms with Crippen LogP contribution in [0.2, 0.25) is 5.02 Å². The molecule has 1 aliphatic heterocycles. The molecule has 1 N–H and O–H groups in total. The van der Waals surface area contributed by atoms with Gasteiger partial charge in [-0.2, -0.15) is 18.3 Å². The molecule has 1 amide bonds. The molecule has 2 aromatic carbocycles. The van der Waals surface area contributed by atoms with Crippen molar-refractivity contribution in [3.05, 3.63) is 74.7 Å². The predicted octanol–water partition coefficient (Wildman–Crippen LogP) is 5.55. The van der Waals surface area contributed by atoms with Crippen molar-refractivity contribution in [2.45, 2.75) is 37.6 Å². The molecule has 0 aliphatic carbocycles. The Morgan fingerprint density at radius 1 is 1.19 bits per heavy atom. The highest BCUT2D eigenvalue weighted by atomic mass is 35.5. The molecule has 0 saturated carbocycles. The van der Waals surface area contributed by atoms with E-state index >= 15 is 0 Å². The summed E-state index contributed by atoms with van der Waals surface area (Å²) < 4.78 is 42.2. The van der Waals surface area contributed by atoms with E-state index in [0.29, 0.717) is 21.9 Å². The number of amides is 1. The molecule has 5 rings (SSSR count). The molecule has 0 spiro atoms. The van der Waals surface area contributed by atoms with E-state index < -0.39 is 23.7 Å². The molecule has 7 nitrogen and oxygen atoms in total. The van der Waals surface area contributed by atoms with Gasteiger partial charge in [0.15, 0.2) is 10.8 Å². The van der Waals surface area contributed by atoms with Gasteiger partial charge in [-0.1, -0.05) is 29.4 Å². The first-order chi connectivity index (χ1) is 17.0. The molecule has 0 radical (unpaired) electrons. The number of hydrogen-bond donors (Lipinski definition) is 1. The number of carbonyl (C=O) groups is 1. The minimum absolute atomic E-state index is 0.0168. The van der Waals surface area contributed by atoms with Crippen molar-refractivity contribution in [3.8, 4) is 5.69 Å². The molecular weight excluding hydrogens is 515 g/mol. The lowest BCUT2D eigenvalue weighted by Crippen LogP contribution is -2.27. The highest BCUT2D eigenvalue weighted by Gasteiger charge is 2.32. The molecule has 1 aliphatic rings. The molecule has 0 saturated heterocycles. The molecule has 12 heteroatoms. The van der Waals surface area contributed by atoms with E-state index in [9.17, 15) is 22.8 Å². The zero-order chi connectivity index (χ0) is 25.8. The lowest BCUT2D eigenvalue weighted by molar-refractivity contribution is -0.137. The van der Waals surface area contributed by atoms with E-state index in [1.807, 2.05) is 32.0 Å².